The molecule has 2 rings (SSSR count). The highest BCUT2D eigenvalue weighted by molar-refractivity contribution is 9.13. The Labute approximate surface area is 142 Å². The number of thiophene rings is 1. The monoisotopic (exact) mass is 431 g/mol. The van der Waals surface area contributed by atoms with Gasteiger partial charge in [-0.2, -0.15) is 0 Å². The maximum absolute atomic E-state index is 12.3. The summed E-state index contributed by atoms with van der Waals surface area (Å²) in [5.41, 5.74) is 0.674. The third-order valence-electron chi connectivity index (χ3n) is 2.71. The highest BCUT2D eigenvalue weighted by atomic mass is 79.9. The van der Waals surface area contributed by atoms with Crippen molar-refractivity contribution in [3.8, 4) is 0 Å². The van der Waals surface area contributed by atoms with Gasteiger partial charge in [0.15, 0.2) is 6.04 Å². The van der Waals surface area contributed by atoms with Gasteiger partial charge in [0.25, 0.3) is 5.91 Å². The van der Waals surface area contributed by atoms with Crippen molar-refractivity contribution in [1.82, 2.24) is 5.32 Å². The summed E-state index contributed by atoms with van der Waals surface area (Å²) in [7, 11) is 1.29. The second-order valence-electron chi connectivity index (χ2n) is 4.07. The summed E-state index contributed by atoms with van der Waals surface area (Å²) in [6.07, 6.45) is 0. The fourth-order valence-corrected chi connectivity index (χ4v) is 3.64. The molecule has 110 valence electrons. The van der Waals surface area contributed by atoms with Crippen molar-refractivity contribution in [2.24, 2.45) is 0 Å². The van der Waals surface area contributed by atoms with Crippen LogP contribution in [0.1, 0.15) is 21.3 Å². The van der Waals surface area contributed by atoms with Crippen LogP contribution in [-0.4, -0.2) is 19.0 Å². The first-order valence-electron chi connectivity index (χ1n) is 5.91. The fraction of sp³-hybridized carbons (Fsp3) is 0.143. The Kier molecular flexibility index (Phi) is 5.55. The largest absolute Gasteiger partial charge is 0.467 e. The highest BCUT2D eigenvalue weighted by Gasteiger charge is 2.24. The SMILES string of the molecule is COC(=O)C(NC(=O)c1cc(Br)c(Br)s1)c1ccccc1. The molecule has 1 unspecified atom stereocenters. The lowest BCUT2D eigenvalue weighted by molar-refractivity contribution is -0.143. The van der Waals surface area contributed by atoms with Gasteiger partial charge in [0.2, 0.25) is 0 Å². The Hall–Kier alpha value is -1.18. The topological polar surface area (TPSA) is 55.4 Å². The predicted molar refractivity (Wildman–Crippen MR) is 88.4 cm³/mol. The van der Waals surface area contributed by atoms with Crippen LogP contribution >= 0.6 is 43.2 Å². The average Bonchev–Trinajstić information content (AvgIpc) is 2.84. The van der Waals surface area contributed by atoms with Gasteiger partial charge < -0.3 is 10.1 Å². The number of hydrogen-bond acceptors (Lipinski definition) is 4. The summed E-state index contributed by atoms with van der Waals surface area (Å²) in [6.45, 7) is 0. The number of carbonyl (C=O) groups is 2. The van der Waals surface area contributed by atoms with E-state index in [-0.39, 0.29) is 5.91 Å². The molecule has 0 aliphatic carbocycles. The van der Waals surface area contributed by atoms with Gasteiger partial charge in [-0.25, -0.2) is 4.79 Å². The van der Waals surface area contributed by atoms with Gasteiger partial charge in [-0.05, 0) is 43.5 Å². The predicted octanol–water partition coefficient (Wildman–Crippen LogP) is 3.92. The molecule has 2 aromatic rings. The molecule has 1 amide bonds. The van der Waals surface area contributed by atoms with Gasteiger partial charge >= 0.3 is 5.97 Å². The maximum atomic E-state index is 12.3. The van der Waals surface area contributed by atoms with Crippen LogP contribution in [0.3, 0.4) is 0 Å². The molecule has 0 fully saturated rings. The molecule has 1 atom stereocenters. The van der Waals surface area contributed by atoms with Crippen molar-refractivity contribution in [3.05, 3.63) is 55.1 Å². The minimum atomic E-state index is -0.830. The van der Waals surface area contributed by atoms with Crippen molar-refractivity contribution in [1.29, 1.82) is 0 Å². The molecule has 0 aliphatic heterocycles. The van der Waals surface area contributed by atoms with Crippen molar-refractivity contribution >= 4 is 55.1 Å². The number of halogens is 2. The second kappa shape index (κ2) is 7.20. The minimum absolute atomic E-state index is 0.328. The Bertz CT molecular complexity index is 638. The smallest absolute Gasteiger partial charge is 0.333 e. The zero-order valence-electron chi connectivity index (χ0n) is 10.9. The molecule has 1 N–H and O–H groups in total. The zero-order valence-corrected chi connectivity index (χ0v) is 14.9. The number of amides is 1. The molecule has 0 radical (unpaired) electrons. The van der Waals surface area contributed by atoms with E-state index in [0.29, 0.717) is 10.4 Å². The Balaban J connectivity index is 2.23. The fourth-order valence-electron chi connectivity index (χ4n) is 1.70. The van der Waals surface area contributed by atoms with Gasteiger partial charge in [-0.1, -0.05) is 30.3 Å². The van der Waals surface area contributed by atoms with Crippen LogP contribution in [0.2, 0.25) is 0 Å². The van der Waals surface area contributed by atoms with Crippen molar-refractivity contribution in [2.75, 3.05) is 7.11 Å². The molecule has 1 heterocycles. The molecule has 0 saturated carbocycles. The first kappa shape index (κ1) is 16.2. The number of carbonyl (C=O) groups excluding carboxylic acids is 2. The number of methoxy groups -OCH3 is 1. The highest BCUT2D eigenvalue weighted by Crippen LogP contribution is 2.32. The summed E-state index contributed by atoms with van der Waals surface area (Å²) >= 11 is 7.95. The number of esters is 1. The summed E-state index contributed by atoms with van der Waals surface area (Å²) in [5, 5.41) is 2.70. The molecule has 0 spiro atoms. The molecule has 21 heavy (non-hydrogen) atoms. The normalized spacial score (nSPS) is 11.8. The molecule has 0 aliphatic rings. The van der Waals surface area contributed by atoms with Crippen LogP contribution in [-0.2, 0) is 9.53 Å². The van der Waals surface area contributed by atoms with Crippen LogP contribution < -0.4 is 5.32 Å². The van der Waals surface area contributed by atoms with Gasteiger partial charge in [-0.3, -0.25) is 4.79 Å². The van der Waals surface area contributed by atoms with Crippen molar-refractivity contribution in [2.45, 2.75) is 6.04 Å². The molecule has 1 aromatic carbocycles. The molecule has 7 heteroatoms. The van der Waals surface area contributed by atoms with E-state index in [2.05, 4.69) is 37.2 Å². The zero-order chi connectivity index (χ0) is 15.4. The van der Waals surface area contributed by atoms with Crippen LogP contribution in [0.5, 0.6) is 0 Å². The molecule has 0 saturated heterocycles. The number of ether oxygens (including phenoxy) is 1. The van der Waals surface area contributed by atoms with Crippen LogP contribution in [0.15, 0.2) is 44.7 Å². The second-order valence-corrected chi connectivity index (χ2v) is 7.30. The number of benzene rings is 1. The van der Waals surface area contributed by atoms with E-state index in [4.69, 9.17) is 4.74 Å². The summed E-state index contributed by atoms with van der Waals surface area (Å²) < 4.78 is 6.38. The van der Waals surface area contributed by atoms with E-state index in [1.807, 2.05) is 6.07 Å². The lowest BCUT2D eigenvalue weighted by Gasteiger charge is -2.16. The maximum Gasteiger partial charge on any atom is 0.333 e. The van der Waals surface area contributed by atoms with Gasteiger partial charge in [0, 0.05) is 4.47 Å². The van der Waals surface area contributed by atoms with Crippen LogP contribution in [0, 0.1) is 0 Å². The van der Waals surface area contributed by atoms with E-state index in [0.717, 1.165) is 8.26 Å². The number of rotatable bonds is 4. The summed E-state index contributed by atoms with van der Waals surface area (Å²) in [6, 6.07) is 9.84. The van der Waals surface area contributed by atoms with E-state index in [1.54, 1.807) is 30.3 Å². The van der Waals surface area contributed by atoms with E-state index in [1.165, 1.54) is 18.4 Å². The lowest BCUT2D eigenvalue weighted by Crippen LogP contribution is -2.34. The minimum Gasteiger partial charge on any atom is -0.467 e. The first-order chi connectivity index (χ1) is 10.0. The van der Waals surface area contributed by atoms with Gasteiger partial charge in [-0.15, -0.1) is 11.3 Å². The molecule has 0 bridgehead atoms. The van der Waals surface area contributed by atoms with E-state index >= 15 is 0 Å². The van der Waals surface area contributed by atoms with E-state index in [9.17, 15) is 9.59 Å². The lowest BCUT2D eigenvalue weighted by atomic mass is 10.1. The van der Waals surface area contributed by atoms with Crippen molar-refractivity contribution in [3.63, 3.8) is 0 Å². The average molecular weight is 433 g/mol. The summed E-state index contributed by atoms with van der Waals surface area (Å²) in [4.78, 5) is 24.7. The Morgan fingerprint density at radius 1 is 1.24 bits per heavy atom. The van der Waals surface area contributed by atoms with Crippen molar-refractivity contribution < 1.29 is 14.3 Å². The standard InChI is InChI=1S/C14H11Br2NO3S/c1-20-14(19)11(8-5-3-2-4-6-8)17-13(18)10-7-9(15)12(16)21-10/h2-7,11H,1H3,(H,17,18). The third-order valence-corrected chi connectivity index (χ3v) is 5.97. The van der Waals surface area contributed by atoms with Gasteiger partial charge in [0.1, 0.15) is 0 Å². The molecule has 1 aromatic heterocycles. The quantitative estimate of drug-likeness (QED) is 0.745. The van der Waals surface area contributed by atoms with Crippen LogP contribution in [0.25, 0.3) is 0 Å². The Morgan fingerprint density at radius 2 is 1.90 bits per heavy atom. The number of hydrogen-bond donors (Lipinski definition) is 1. The number of nitrogens with one attached hydrogen (secondary N) is 1. The third kappa shape index (κ3) is 3.93. The van der Waals surface area contributed by atoms with E-state index < -0.39 is 12.0 Å². The van der Waals surface area contributed by atoms with Gasteiger partial charge in [0.05, 0.1) is 15.8 Å². The summed E-state index contributed by atoms with van der Waals surface area (Å²) in [5.74, 6) is -0.838. The Morgan fingerprint density at radius 3 is 2.43 bits per heavy atom. The molecular weight excluding hydrogens is 422 g/mol. The van der Waals surface area contributed by atoms with Crippen LogP contribution in [0.4, 0.5) is 0 Å². The molecular formula is C14H11Br2NO3S. The first-order valence-corrected chi connectivity index (χ1v) is 8.31. The molecule has 4 nitrogen and oxygen atoms in total.